The molecule has 106 valence electrons. The van der Waals surface area contributed by atoms with Gasteiger partial charge in [0.15, 0.2) is 0 Å². The van der Waals surface area contributed by atoms with Crippen LogP contribution in [0, 0.1) is 6.92 Å². The number of methoxy groups -OCH3 is 1. The zero-order chi connectivity index (χ0) is 14.3. The molecular formula is C13H20N2O4. The molecular weight excluding hydrogens is 248 g/mol. The average molecular weight is 268 g/mol. The van der Waals surface area contributed by atoms with Crippen LogP contribution < -0.4 is 10.6 Å². The molecule has 19 heavy (non-hydrogen) atoms. The van der Waals surface area contributed by atoms with Crippen LogP contribution in [-0.2, 0) is 9.53 Å². The highest BCUT2D eigenvalue weighted by molar-refractivity contribution is 5.92. The van der Waals surface area contributed by atoms with Crippen molar-refractivity contribution >= 4 is 17.3 Å². The molecule has 0 aliphatic carbocycles. The molecule has 0 bridgehead atoms. The zero-order valence-corrected chi connectivity index (χ0v) is 11.1. The summed E-state index contributed by atoms with van der Waals surface area (Å²) in [6.07, 6.45) is -0.814. The van der Waals surface area contributed by atoms with Crippen LogP contribution in [0.1, 0.15) is 5.56 Å². The molecule has 4 N–H and O–H groups in total. The standard InChI is InChI=1S/C13H20N2O4/c1-9-3-4-10(15-13(18)8-19-2)5-12(9)14-6-11(17)7-16/h3-5,11,14,16-17H,6-8H2,1-2H3,(H,15,18). The van der Waals surface area contributed by atoms with Gasteiger partial charge < -0.3 is 25.6 Å². The number of aliphatic hydroxyl groups excluding tert-OH is 2. The van der Waals surface area contributed by atoms with E-state index in [4.69, 9.17) is 9.84 Å². The third-order valence-electron chi connectivity index (χ3n) is 2.54. The predicted octanol–water partition coefficient (Wildman–Crippen LogP) is 0.345. The monoisotopic (exact) mass is 268 g/mol. The average Bonchev–Trinajstić information content (AvgIpc) is 2.39. The lowest BCUT2D eigenvalue weighted by molar-refractivity contribution is -0.119. The van der Waals surface area contributed by atoms with Gasteiger partial charge in [-0.2, -0.15) is 0 Å². The number of amides is 1. The van der Waals surface area contributed by atoms with E-state index in [1.165, 1.54) is 7.11 Å². The lowest BCUT2D eigenvalue weighted by Gasteiger charge is -2.14. The van der Waals surface area contributed by atoms with Crippen LogP contribution in [0.2, 0.25) is 0 Å². The summed E-state index contributed by atoms with van der Waals surface area (Å²) in [6, 6.07) is 5.42. The summed E-state index contributed by atoms with van der Waals surface area (Å²) in [4.78, 5) is 11.4. The second-order valence-corrected chi connectivity index (χ2v) is 4.23. The summed E-state index contributed by atoms with van der Waals surface area (Å²) in [5.41, 5.74) is 2.42. The van der Waals surface area contributed by atoms with E-state index in [1.807, 2.05) is 13.0 Å². The normalized spacial score (nSPS) is 12.0. The van der Waals surface area contributed by atoms with E-state index >= 15 is 0 Å². The van der Waals surface area contributed by atoms with E-state index in [-0.39, 0.29) is 25.7 Å². The molecule has 1 aromatic carbocycles. The first kappa shape index (κ1) is 15.4. The highest BCUT2D eigenvalue weighted by Gasteiger charge is 2.06. The summed E-state index contributed by atoms with van der Waals surface area (Å²) in [5, 5.41) is 23.8. The Morgan fingerprint density at radius 2 is 2.21 bits per heavy atom. The molecule has 6 heteroatoms. The number of anilines is 2. The molecule has 0 saturated heterocycles. The number of carbonyl (C=O) groups excluding carboxylic acids is 1. The number of carbonyl (C=O) groups is 1. The molecule has 1 unspecified atom stereocenters. The molecule has 0 radical (unpaired) electrons. The van der Waals surface area contributed by atoms with Gasteiger partial charge in [-0.1, -0.05) is 6.07 Å². The Labute approximate surface area is 112 Å². The number of hydrogen-bond acceptors (Lipinski definition) is 5. The van der Waals surface area contributed by atoms with E-state index in [1.54, 1.807) is 12.1 Å². The van der Waals surface area contributed by atoms with Crippen LogP contribution in [0.25, 0.3) is 0 Å². The molecule has 0 fully saturated rings. The number of hydrogen-bond donors (Lipinski definition) is 4. The highest BCUT2D eigenvalue weighted by atomic mass is 16.5. The predicted molar refractivity (Wildman–Crippen MR) is 73.3 cm³/mol. The second kappa shape index (κ2) is 7.73. The highest BCUT2D eigenvalue weighted by Crippen LogP contribution is 2.20. The van der Waals surface area contributed by atoms with Crippen LogP contribution in [0.5, 0.6) is 0 Å². The van der Waals surface area contributed by atoms with Gasteiger partial charge in [-0.25, -0.2) is 0 Å². The Morgan fingerprint density at radius 1 is 1.47 bits per heavy atom. The first-order valence-electron chi connectivity index (χ1n) is 5.99. The Morgan fingerprint density at radius 3 is 2.84 bits per heavy atom. The van der Waals surface area contributed by atoms with Crippen LogP contribution >= 0.6 is 0 Å². The summed E-state index contributed by atoms with van der Waals surface area (Å²) in [5.74, 6) is -0.229. The molecule has 0 saturated carbocycles. The Bertz CT molecular complexity index is 423. The fourth-order valence-corrected chi connectivity index (χ4v) is 1.51. The lowest BCUT2D eigenvalue weighted by atomic mass is 10.1. The zero-order valence-electron chi connectivity index (χ0n) is 11.1. The van der Waals surface area contributed by atoms with Gasteiger partial charge in [0.1, 0.15) is 6.61 Å². The molecule has 0 heterocycles. The molecule has 0 aliphatic heterocycles. The molecule has 0 spiro atoms. The maximum absolute atomic E-state index is 11.4. The number of aryl methyl sites for hydroxylation is 1. The van der Waals surface area contributed by atoms with Gasteiger partial charge >= 0.3 is 0 Å². The smallest absolute Gasteiger partial charge is 0.250 e. The number of benzene rings is 1. The van der Waals surface area contributed by atoms with Crippen molar-refractivity contribution in [2.45, 2.75) is 13.0 Å². The maximum Gasteiger partial charge on any atom is 0.250 e. The summed E-state index contributed by atoms with van der Waals surface area (Å²) in [7, 11) is 1.46. The van der Waals surface area contributed by atoms with Gasteiger partial charge in [-0.05, 0) is 24.6 Å². The summed E-state index contributed by atoms with van der Waals surface area (Å²) < 4.78 is 4.73. The number of rotatable bonds is 7. The van der Waals surface area contributed by atoms with E-state index in [0.717, 1.165) is 11.3 Å². The minimum Gasteiger partial charge on any atom is -0.394 e. The minimum atomic E-state index is -0.814. The van der Waals surface area contributed by atoms with Gasteiger partial charge in [0.2, 0.25) is 5.91 Å². The fourth-order valence-electron chi connectivity index (χ4n) is 1.51. The van der Waals surface area contributed by atoms with Crippen molar-refractivity contribution in [3.05, 3.63) is 23.8 Å². The second-order valence-electron chi connectivity index (χ2n) is 4.23. The number of ether oxygens (including phenoxy) is 1. The van der Waals surface area contributed by atoms with E-state index < -0.39 is 6.10 Å². The van der Waals surface area contributed by atoms with E-state index in [2.05, 4.69) is 10.6 Å². The van der Waals surface area contributed by atoms with Gasteiger partial charge in [0, 0.05) is 25.0 Å². The topological polar surface area (TPSA) is 90.8 Å². The van der Waals surface area contributed by atoms with Crippen LogP contribution in [0.3, 0.4) is 0 Å². The molecule has 6 nitrogen and oxygen atoms in total. The largest absolute Gasteiger partial charge is 0.394 e. The first-order chi connectivity index (χ1) is 9.06. The van der Waals surface area contributed by atoms with Gasteiger partial charge in [-0.15, -0.1) is 0 Å². The Balaban J connectivity index is 2.68. The Kier molecular flexibility index (Phi) is 6.27. The Hall–Kier alpha value is -1.63. The molecule has 0 aliphatic rings. The quantitative estimate of drug-likeness (QED) is 0.572. The van der Waals surface area contributed by atoms with Gasteiger partial charge in [-0.3, -0.25) is 4.79 Å². The molecule has 1 aromatic rings. The number of nitrogens with one attached hydrogen (secondary N) is 2. The lowest BCUT2D eigenvalue weighted by Crippen LogP contribution is -2.23. The molecule has 1 amide bonds. The van der Waals surface area contributed by atoms with E-state index in [9.17, 15) is 9.90 Å². The third kappa shape index (κ3) is 5.25. The van der Waals surface area contributed by atoms with Crippen molar-refractivity contribution in [1.82, 2.24) is 0 Å². The van der Waals surface area contributed by atoms with Crippen LogP contribution in [-0.4, -0.2) is 49.1 Å². The molecule has 1 atom stereocenters. The van der Waals surface area contributed by atoms with Crippen molar-refractivity contribution in [3.63, 3.8) is 0 Å². The van der Waals surface area contributed by atoms with Crippen LogP contribution in [0.15, 0.2) is 18.2 Å². The molecule has 0 aromatic heterocycles. The number of aliphatic hydroxyl groups is 2. The SMILES string of the molecule is COCC(=O)Nc1ccc(C)c(NCC(O)CO)c1. The maximum atomic E-state index is 11.4. The van der Waals surface area contributed by atoms with Crippen molar-refractivity contribution in [1.29, 1.82) is 0 Å². The van der Waals surface area contributed by atoms with Crippen molar-refractivity contribution in [2.75, 3.05) is 37.5 Å². The fraction of sp³-hybridized carbons (Fsp3) is 0.462. The van der Waals surface area contributed by atoms with E-state index in [0.29, 0.717) is 5.69 Å². The molecule has 1 rings (SSSR count). The van der Waals surface area contributed by atoms with Crippen molar-refractivity contribution in [3.8, 4) is 0 Å². The first-order valence-corrected chi connectivity index (χ1v) is 5.99. The summed E-state index contributed by atoms with van der Waals surface area (Å²) >= 11 is 0. The minimum absolute atomic E-state index is 0.000134. The van der Waals surface area contributed by atoms with Gasteiger partial charge in [0.05, 0.1) is 12.7 Å². The van der Waals surface area contributed by atoms with Crippen molar-refractivity contribution in [2.24, 2.45) is 0 Å². The summed E-state index contributed by atoms with van der Waals surface area (Å²) in [6.45, 7) is 1.86. The van der Waals surface area contributed by atoms with Gasteiger partial charge in [0.25, 0.3) is 0 Å². The van der Waals surface area contributed by atoms with Crippen molar-refractivity contribution < 1.29 is 19.7 Å². The van der Waals surface area contributed by atoms with Crippen LogP contribution in [0.4, 0.5) is 11.4 Å². The third-order valence-corrected chi connectivity index (χ3v) is 2.54.